The number of hydrogen-bond donors (Lipinski definition) is 0. The molecule has 0 bridgehead atoms. The summed E-state index contributed by atoms with van der Waals surface area (Å²) in [5, 5.41) is 15.2. The Morgan fingerprint density at radius 1 is 0.467 bits per heavy atom. The van der Waals surface area contributed by atoms with Gasteiger partial charge in [-0.15, -0.1) is 10.9 Å². The van der Waals surface area contributed by atoms with Crippen molar-refractivity contribution in [3.05, 3.63) is 109 Å². The van der Waals surface area contributed by atoms with Crippen molar-refractivity contribution >= 4 is 82.1 Å². The van der Waals surface area contributed by atoms with Gasteiger partial charge in [-0.05, 0) is 103 Å². The van der Waals surface area contributed by atoms with Gasteiger partial charge in [-0.2, -0.15) is 0 Å². The lowest BCUT2D eigenvalue weighted by atomic mass is 9.44. The highest BCUT2D eigenvalue weighted by Gasteiger charge is 2.53. The Balaban J connectivity index is 1.41. The van der Waals surface area contributed by atoms with Crippen LogP contribution in [-0.2, 0) is 14.7 Å². The van der Waals surface area contributed by atoms with E-state index in [9.17, 15) is 0 Å². The second-order valence-electron chi connectivity index (χ2n) is 15.5. The van der Waals surface area contributed by atoms with Crippen molar-refractivity contribution in [2.75, 3.05) is 0 Å². The summed E-state index contributed by atoms with van der Waals surface area (Å²) in [6, 6.07) is 38.7. The summed E-state index contributed by atoms with van der Waals surface area (Å²) in [6.07, 6.45) is 0. The molecule has 9 rings (SSSR count). The minimum atomic E-state index is -2.09. The minimum Gasteiger partial charge on any atom is -0.554 e. The molecule has 3 heteroatoms. The fourth-order valence-corrected chi connectivity index (χ4v) is 8.25. The molecule has 0 atom stereocenters. The third-order valence-electron chi connectivity index (χ3n) is 11.3. The molecule has 0 amide bonds. The molecule has 2 nitrogen and oxygen atoms in total. The van der Waals surface area contributed by atoms with Crippen LogP contribution in [0.25, 0.3) is 64.6 Å². The molecule has 0 N–H and O–H groups in total. The molecule has 222 valence electrons. The lowest BCUT2D eigenvalue weighted by molar-refractivity contribution is 0.00578. The molecule has 0 aliphatic carbocycles. The Bertz CT molecular complexity index is 2430. The van der Waals surface area contributed by atoms with Crippen LogP contribution in [0.1, 0.15) is 54.0 Å². The van der Waals surface area contributed by atoms with E-state index in [1.54, 1.807) is 0 Å². The first kappa shape index (κ1) is 27.2. The van der Waals surface area contributed by atoms with Crippen molar-refractivity contribution in [1.29, 1.82) is 0 Å². The normalized spacial score (nSPS) is 18.0. The zero-order valence-electron chi connectivity index (χ0n) is 27.2. The van der Waals surface area contributed by atoms with E-state index in [1.165, 1.54) is 70.2 Å². The lowest BCUT2D eigenvalue weighted by Gasteiger charge is -2.41. The van der Waals surface area contributed by atoms with Gasteiger partial charge in [0.25, 0.3) is 0 Å². The van der Waals surface area contributed by atoms with Crippen LogP contribution in [-0.4, -0.2) is 17.8 Å². The van der Waals surface area contributed by atoms with Crippen LogP contribution in [0, 0.1) is 0 Å². The first-order chi connectivity index (χ1) is 21.4. The van der Waals surface area contributed by atoms with Gasteiger partial charge in [-0.25, -0.2) is 0 Å². The SMILES string of the molecule is CC(C)(C)c1cc2ccc3ccc([B-]4(c5ccc6ccc7cccc8ccc5c6c78)OC(C)(C)C(C)(C)O4)c4ccc(c1)c2c34. The molecule has 1 heterocycles. The summed E-state index contributed by atoms with van der Waals surface area (Å²) >= 11 is 0. The molecule has 0 radical (unpaired) electrons. The van der Waals surface area contributed by atoms with Gasteiger partial charge in [-0.3, -0.25) is 0 Å². The van der Waals surface area contributed by atoms with Crippen LogP contribution in [0.4, 0.5) is 0 Å². The molecule has 0 saturated carbocycles. The summed E-state index contributed by atoms with van der Waals surface area (Å²) < 4.78 is 14.8. The Kier molecular flexibility index (Phi) is 5.16. The van der Waals surface area contributed by atoms with Gasteiger partial charge in [0.2, 0.25) is 0 Å². The maximum atomic E-state index is 7.41. The Hall–Kier alpha value is -4.18. The molecule has 1 aliphatic heterocycles. The van der Waals surface area contributed by atoms with Crippen molar-refractivity contribution in [2.45, 2.75) is 65.1 Å². The fourth-order valence-electron chi connectivity index (χ4n) is 8.25. The minimum absolute atomic E-state index is 0.0699. The molecule has 0 aromatic heterocycles. The summed E-state index contributed by atoms with van der Waals surface area (Å²) in [5.41, 5.74) is 2.61. The standard InChI is InChI=1S/C42H38BO2/c1-40(2,3)31-23-29-14-13-28-18-22-35(33-20-16-30(24-31)37(29)39(28)33)43(44-41(4,5)42(6,7)45-43)34-21-17-27-12-11-25-9-8-10-26-15-19-32(34)38(27)36(25)26/h8-24H,1-7H3/q-1. The van der Waals surface area contributed by atoms with Gasteiger partial charge < -0.3 is 9.31 Å². The van der Waals surface area contributed by atoms with Crippen molar-refractivity contribution in [1.82, 2.24) is 0 Å². The topological polar surface area (TPSA) is 18.5 Å². The summed E-state index contributed by atoms with van der Waals surface area (Å²) in [5.74, 6) is 0. The van der Waals surface area contributed by atoms with Crippen LogP contribution < -0.4 is 10.9 Å². The van der Waals surface area contributed by atoms with Crippen molar-refractivity contribution in [3.63, 3.8) is 0 Å². The zero-order valence-corrected chi connectivity index (χ0v) is 27.2. The molecular formula is C42H38BO2-. The lowest BCUT2D eigenvalue weighted by Crippen LogP contribution is -2.62. The van der Waals surface area contributed by atoms with Crippen molar-refractivity contribution in [2.24, 2.45) is 0 Å². The number of rotatable bonds is 2. The van der Waals surface area contributed by atoms with Crippen LogP contribution in [0.5, 0.6) is 0 Å². The van der Waals surface area contributed by atoms with Crippen molar-refractivity contribution < 1.29 is 9.31 Å². The smallest absolute Gasteiger partial charge is 0.300 e. The highest BCUT2D eigenvalue weighted by molar-refractivity contribution is 6.96. The van der Waals surface area contributed by atoms with Crippen molar-refractivity contribution in [3.8, 4) is 0 Å². The highest BCUT2D eigenvalue weighted by Crippen LogP contribution is 2.45. The molecule has 0 unspecified atom stereocenters. The predicted octanol–water partition coefficient (Wildman–Crippen LogP) is 9.94. The van der Waals surface area contributed by atoms with Crippen LogP contribution in [0.2, 0.25) is 0 Å². The van der Waals surface area contributed by atoms with Gasteiger partial charge in [0, 0.05) is 11.2 Å². The van der Waals surface area contributed by atoms with E-state index in [4.69, 9.17) is 9.31 Å². The largest absolute Gasteiger partial charge is 0.554 e. The molecule has 45 heavy (non-hydrogen) atoms. The first-order valence-electron chi connectivity index (χ1n) is 16.3. The van der Waals surface area contributed by atoms with Gasteiger partial charge in [0.05, 0.1) is 0 Å². The maximum Gasteiger partial charge on any atom is 0.300 e. The average molecular weight is 586 g/mol. The summed E-state index contributed by atoms with van der Waals surface area (Å²) in [6.45, 7) is 13.5. The first-order valence-corrected chi connectivity index (χ1v) is 16.3. The van der Waals surface area contributed by atoms with Gasteiger partial charge >= 0.3 is 6.55 Å². The van der Waals surface area contributed by atoms with Gasteiger partial charge in [0.15, 0.2) is 0 Å². The zero-order chi connectivity index (χ0) is 31.1. The Morgan fingerprint density at radius 2 is 0.844 bits per heavy atom. The van der Waals surface area contributed by atoms with Crippen LogP contribution in [0.15, 0.2) is 103 Å². The quantitative estimate of drug-likeness (QED) is 0.149. The van der Waals surface area contributed by atoms with E-state index < -0.39 is 17.8 Å². The van der Waals surface area contributed by atoms with Crippen LogP contribution >= 0.6 is 0 Å². The molecule has 1 saturated heterocycles. The number of hydrogen-bond acceptors (Lipinski definition) is 2. The van der Waals surface area contributed by atoms with E-state index in [0.717, 1.165) is 10.9 Å². The molecule has 8 aromatic carbocycles. The monoisotopic (exact) mass is 585 g/mol. The predicted molar refractivity (Wildman–Crippen MR) is 194 cm³/mol. The van der Waals surface area contributed by atoms with E-state index in [0.29, 0.717) is 0 Å². The summed E-state index contributed by atoms with van der Waals surface area (Å²) in [7, 11) is 0. The third-order valence-corrected chi connectivity index (χ3v) is 11.3. The highest BCUT2D eigenvalue weighted by atomic mass is 16.7. The van der Waals surface area contributed by atoms with E-state index in [2.05, 4.69) is 152 Å². The molecule has 1 aliphatic rings. The van der Waals surface area contributed by atoms with Gasteiger partial charge in [0.1, 0.15) is 0 Å². The second kappa shape index (κ2) is 8.54. The van der Waals surface area contributed by atoms with Gasteiger partial charge in [-0.1, -0.05) is 124 Å². The van der Waals surface area contributed by atoms with Crippen LogP contribution in [0.3, 0.4) is 0 Å². The molecule has 0 spiro atoms. The van der Waals surface area contributed by atoms with E-state index in [-0.39, 0.29) is 5.41 Å². The van der Waals surface area contributed by atoms with E-state index >= 15 is 0 Å². The number of benzene rings is 8. The Labute approximate surface area is 264 Å². The Morgan fingerprint density at radius 3 is 1.33 bits per heavy atom. The fraction of sp³-hybridized carbons (Fsp3) is 0.238. The van der Waals surface area contributed by atoms with E-state index in [1.807, 2.05) is 0 Å². The molecular weight excluding hydrogens is 547 g/mol. The third kappa shape index (κ3) is 3.54. The summed E-state index contributed by atoms with van der Waals surface area (Å²) in [4.78, 5) is 0. The average Bonchev–Trinajstić information content (AvgIpc) is 3.21. The maximum absolute atomic E-state index is 7.41. The molecule has 1 fully saturated rings. The molecule has 8 aromatic rings. The second-order valence-corrected chi connectivity index (χ2v) is 15.5.